The first-order chi connectivity index (χ1) is 12.2. The summed E-state index contributed by atoms with van der Waals surface area (Å²) in [7, 11) is 1.66. The van der Waals surface area contributed by atoms with Crippen LogP contribution in [-0.4, -0.2) is 67.6 Å². The van der Waals surface area contributed by atoms with Gasteiger partial charge in [0.2, 0.25) is 11.8 Å². The SMILES string of the molecule is CNC(=O)C1CN(C(=O)C2CCOCC2)CCN1Cc1ccccc1. The van der Waals surface area contributed by atoms with Gasteiger partial charge in [-0.05, 0) is 18.4 Å². The molecule has 1 unspecified atom stereocenters. The molecule has 1 N–H and O–H groups in total. The second-order valence-corrected chi connectivity index (χ2v) is 6.76. The Labute approximate surface area is 149 Å². The number of piperazine rings is 1. The number of nitrogens with one attached hydrogen (secondary N) is 1. The number of carbonyl (C=O) groups excluding carboxylic acids is 2. The molecule has 0 radical (unpaired) electrons. The molecule has 2 fully saturated rings. The second kappa shape index (κ2) is 8.45. The van der Waals surface area contributed by atoms with Crippen molar-refractivity contribution in [2.75, 3.05) is 39.9 Å². The van der Waals surface area contributed by atoms with Crippen LogP contribution in [0.1, 0.15) is 18.4 Å². The molecule has 6 heteroatoms. The third-order valence-corrected chi connectivity index (χ3v) is 5.15. The van der Waals surface area contributed by atoms with Crippen molar-refractivity contribution in [1.29, 1.82) is 0 Å². The summed E-state index contributed by atoms with van der Waals surface area (Å²) in [5.41, 5.74) is 1.18. The lowest BCUT2D eigenvalue weighted by Crippen LogP contribution is -2.60. The number of hydrogen-bond donors (Lipinski definition) is 1. The Hall–Kier alpha value is -1.92. The van der Waals surface area contributed by atoms with E-state index in [9.17, 15) is 9.59 Å². The minimum atomic E-state index is -0.303. The van der Waals surface area contributed by atoms with Gasteiger partial charge in [-0.3, -0.25) is 14.5 Å². The first kappa shape index (κ1) is 17.9. The minimum absolute atomic E-state index is 0.0274. The maximum absolute atomic E-state index is 12.8. The first-order valence-electron chi connectivity index (χ1n) is 9.05. The van der Waals surface area contributed by atoms with Gasteiger partial charge in [0.15, 0.2) is 0 Å². The number of carbonyl (C=O) groups is 2. The number of amides is 2. The predicted octanol–water partition coefficient (Wildman–Crippen LogP) is 0.872. The van der Waals surface area contributed by atoms with Crippen LogP contribution in [0, 0.1) is 5.92 Å². The van der Waals surface area contributed by atoms with E-state index in [1.165, 1.54) is 5.56 Å². The average molecular weight is 345 g/mol. The second-order valence-electron chi connectivity index (χ2n) is 6.76. The minimum Gasteiger partial charge on any atom is -0.381 e. The molecule has 0 saturated carbocycles. The van der Waals surface area contributed by atoms with E-state index in [0.717, 1.165) is 19.4 Å². The lowest BCUT2D eigenvalue weighted by Gasteiger charge is -2.41. The quantitative estimate of drug-likeness (QED) is 0.880. The Kier molecular flexibility index (Phi) is 6.04. The Bertz CT molecular complexity index is 587. The molecule has 136 valence electrons. The van der Waals surface area contributed by atoms with Crippen LogP contribution in [0.5, 0.6) is 0 Å². The number of rotatable bonds is 4. The highest BCUT2D eigenvalue weighted by atomic mass is 16.5. The molecule has 1 aromatic carbocycles. The van der Waals surface area contributed by atoms with Crippen LogP contribution in [0.3, 0.4) is 0 Å². The molecule has 0 aliphatic carbocycles. The molecule has 1 aromatic rings. The molecule has 2 heterocycles. The summed E-state index contributed by atoms with van der Waals surface area (Å²) >= 11 is 0. The highest BCUT2D eigenvalue weighted by molar-refractivity contribution is 5.84. The molecular formula is C19H27N3O3. The first-order valence-corrected chi connectivity index (χ1v) is 9.05. The van der Waals surface area contributed by atoms with Gasteiger partial charge in [0.25, 0.3) is 0 Å². The van der Waals surface area contributed by atoms with E-state index in [1.807, 2.05) is 23.1 Å². The normalized spacial score (nSPS) is 22.6. The summed E-state index contributed by atoms with van der Waals surface area (Å²) in [5.74, 6) is 0.191. The van der Waals surface area contributed by atoms with Crippen molar-refractivity contribution in [3.63, 3.8) is 0 Å². The van der Waals surface area contributed by atoms with Crippen LogP contribution >= 0.6 is 0 Å². The summed E-state index contributed by atoms with van der Waals surface area (Å²) < 4.78 is 5.35. The molecule has 3 rings (SSSR count). The van der Waals surface area contributed by atoms with Gasteiger partial charge in [-0.25, -0.2) is 0 Å². The number of hydrogen-bond acceptors (Lipinski definition) is 4. The van der Waals surface area contributed by atoms with E-state index in [2.05, 4.69) is 22.3 Å². The van der Waals surface area contributed by atoms with Crippen molar-refractivity contribution >= 4 is 11.8 Å². The van der Waals surface area contributed by atoms with Crippen molar-refractivity contribution in [2.45, 2.75) is 25.4 Å². The molecule has 2 amide bonds. The largest absolute Gasteiger partial charge is 0.381 e. The van der Waals surface area contributed by atoms with E-state index < -0.39 is 0 Å². The Morgan fingerprint density at radius 2 is 1.88 bits per heavy atom. The number of ether oxygens (including phenoxy) is 1. The summed E-state index contributed by atoms with van der Waals surface area (Å²) in [6.45, 7) is 3.88. The molecule has 1 atom stereocenters. The summed E-state index contributed by atoms with van der Waals surface area (Å²) in [6, 6.07) is 9.85. The molecule has 2 saturated heterocycles. The van der Waals surface area contributed by atoms with Gasteiger partial charge in [-0.1, -0.05) is 30.3 Å². The van der Waals surface area contributed by atoms with E-state index in [-0.39, 0.29) is 23.8 Å². The molecule has 25 heavy (non-hydrogen) atoms. The van der Waals surface area contributed by atoms with E-state index in [4.69, 9.17) is 4.74 Å². The van der Waals surface area contributed by atoms with Gasteiger partial charge >= 0.3 is 0 Å². The Morgan fingerprint density at radius 1 is 1.16 bits per heavy atom. The van der Waals surface area contributed by atoms with Crippen LogP contribution < -0.4 is 5.32 Å². The third-order valence-electron chi connectivity index (χ3n) is 5.15. The van der Waals surface area contributed by atoms with Gasteiger partial charge in [-0.2, -0.15) is 0 Å². The maximum Gasteiger partial charge on any atom is 0.238 e. The monoisotopic (exact) mass is 345 g/mol. The number of benzene rings is 1. The third kappa shape index (κ3) is 4.38. The van der Waals surface area contributed by atoms with Crippen LogP contribution in [0.25, 0.3) is 0 Å². The van der Waals surface area contributed by atoms with Crippen LogP contribution in [0.4, 0.5) is 0 Å². The lowest BCUT2D eigenvalue weighted by atomic mass is 9.97. The fourth-order valence-corrected chi connectivity index (χ4v) is 3.65. The van der Waals surface area contributed by atoms with Gasteiger partial charge in [-0.15, -0.1) is 0 Å². The predicted molar refractivity (Wildman–Crippen MR) is 94.8 cm³/mol. The van der Waals surface area contributed by atoms with Crippen molar-refractivity contribution < 1.29 is 14.3 Å². The fraction of sp³-hybridized carbons (Fsp3) is 0.579. The molecule has 0 spiro atoms. The van der Waals surface area contributed by atoms with Crippen LogP contribution in [0.2, 0.25) is 0 Å². The molecule has 2 aliphatic heterocycles. The summed E-state index contributed by atoms with van der Waals surface area (Å²) in [6.07, 6.45) is 1.57. The van der Waals surface area contributed by atoms with Gasteiger partial charge < -0.3 is 15.0 Å². The highest BCUT2D eigenvalue weighted by Crippen LogP contribution is 2.21. The Balaban J connectivity index is 1.67. The van der Waals surface area contributed by atoms with Gasteiger partial charge in [0.1, 0.15) is 6.04 Å². The standard InChI is InChI=1S/C19H27N3O3/c1-20-18(23)17-14-22(19(24)16-7-11-25-12-8-16)10-9-21(17)13-15-5-3-2-4-6-15/h2-6,16-17H,7-14H2,1H3,(H,20,23). The molecular weight excluding hydrogens is 318 g/mol. The zero-order valence-electron chi connectivity index (χ0n) is 14.8. The zero-order valence-corrected chi connectivity index (χ0v) is 14.8. The molecule has 0 aromatic heterocycles. The smallest absolute Gasteiger partial charge is 0.238 e. The fourth-order valence-electron chi connectivity index (χ4n) is 3.65. The van der Waals surface area contributed by atoms with Crippen LogP contribution in [-0.2, 0) is 20.9 Å². The molecule has 0 bridgehead atoms. The van der Waals surface area contributed by atoms with Gasteiger partial charge in [0, 0.05) is 52.4 Å². The highest BCUT2D eigenvalue weighted by Gasteiger charge is 2.36. The van der Waals surface area contributed by atoms with Crippen molar-refractivity contribution in [1.82, 2.24) is 15.1 Å². The van der Waals surface area contributed by atoms with E-state index in [0.29, 0.717) is 32.8 Å². The zero-order chi connectivity index (χ0) is 17.6. The van der Waals surface area contributed by atoms with Crippen molar-refractivity contribution in [3.05, 3.63) is 35.9 Å². The summed E-state index contributed by atoms with van der Waals surface area (Å²) in [4.78, 5) is 29.2. The summed E-state index contributed by atoms with van der Waals surface area (Å²) in [5, 5.41) is 2.75. The van der Waals surface area contributed by atoms with Crippen molar-refractivity contribution in [2.24, 2.45) is 5.92 Å². The van der Waals surface area contributed by atoms with E-state index >= 15 is 0 Å². The van der Waals surface area contributed by atoms with Crippen LogP contribution in [0.15, 0.2) is 30.3 Å². The molecule has 2 aliphatic rings. The number of likely N-dealkylation sites (N-methyl/N-ethyl adjacent to an activating group) is 1. The topological polar surface area (TPSA) is 61.9 Å². The average Bonchev–Trinajstić information content (AvgIpc) is 2.68. The number of nitrogens with zero attached hydrogens (tertiary/aromatic N) is 2. The molecule has 6 nitrogen and oxygen atoms in total. The maximum atomic E-state index is 12.8. The van der Waals surface area contributed by atoms with E-state index in [1.54, 1.807) is 7.05 Å². The van der Waals surface area contributed by atoms with Gasteiger partial charge in [0.05, 0.1) is 0 Å². The Morgan fingerprint density at radius 3 is 2.56 bits per heavy atom. The lowest BCUT2D eigenvalue weighted by molar-refractivity contribution is -0.144. The van der Waals surface area contributed by atoms with Crippen molar-refractivity contribution in [3.8, 4) is 0 Å².